The van der Waals surface area contributed by atoms with Crippen LogP contribution in [0.2, 0.25) is 0 Å². The van der Waals surface area contributed by atoms with Crippen LogP contribution in [0.1, 0.15) is 28.8 Å². The predicted molar refractivity (Wildman–Crippen MR) is 70.7 cm³/mol. The zero-order chi connectivity index (χ0) is 12.5. The normalized spacial score (nSPS) is 16.6. The molecule has 2 rings (SSSR count). The Morgan fingerprint density at radius 2 is 2.24 bits per heavy atom. The Morgan fingerprint density at radius 3 is 2.76 bits per heavy atom. The van der Waals surface area contributed by atoms with Crippen LogP contribution in [0.15, 0.2) is 18.2 Å². The van der Waals surface area contributed by atoms with Crippen molar-refractivity contribution in [2.45, 2.75) is 24.5 Å². The standard InChI is InChI=1S/C13H17NO2S/c1-9-7-10(3-4-11(9)15)12(16)14-8-13(17-2)5-6-13/h3-4,7,15H,5-6,8H2,1-2H3,(H,14,16). The first-order valence-corrected chi connectivity index (χ1v) is 6.92. The lowest BCUT2D eigenvalue weighted by Crippen LogP contribution is -2.31. The summed E-state index contributed by atoms with van der Waals surface area (Å²) in [5, 5.41) is 12.4. The molecular weight excluding hydrogens is 234 g/mol. The van der Waals surface area contributed by atoms with Gasteiger partial charge >= 0.3 is 0 Å². The van der Waals surface area contributed by atoms with E-state index in [1.54, 1.807) is 25.1 Å². The number of phenols is 1. The zero-order valence-electron chi connectivity index (χ0n) is 10.1. The van der Waals surface area contributed by atoms with E-state index in [-0.39, 0.29) is 16.4 Å². The molecule has 4 heteroatoms. The topological polar surface area (TPSA) is 49.3 Å². The van der Waals surface area contributed by atoms with Crippen molar-refractivity contribution in [3.05, 3.63) is 29.3 Å². The molecule has 0 aliphatic heterocycles. The average molecular weight is 251 g/mol. The van der Waals surface area contributed by atoms with Crippen LogP contribution in [0, 0.1) is 6.92 Å². The summed E-state index contributed by atoms with van der Waals surface area (Å²) < 4.78 is 0.279. The number of nitrogens with one attached hydrogen (secondary N) is 1. The van der Waals surface area contributed by atoms with Crippen LogP contribution in [-0.4, -0.2) is 28.6 Å². The number of aromatic hydroxyl groups is 1. The molecule has 1 aromatic carbocycles. The summed E-state index contributed by atoms with van der Waals surface area (Å²) >= 11 is 1.83. The molecule has 1 aliphatic rings. The molecule has 0 spiro atoms. The summed E-state index contributed by atoms with van der Waals surface area (Å²) in [4.78, 5) is 11.9. The van der Waals surface area contributed by atoms with Gasteiger partial charge in [0.25, 0.3) is 5.91 Å². The first-order valence-electron chi connectivity index (χ1n) is 5.69. The molecule has 0 atom stereocenters. The number of rotatable bonds is 4. The van der Waals surface area contributed by atoms with Crippen LogP contribution >= 0.6 is 11.8 Å². The average Bonchev–Trinajstić information content (AvgIpc) is 3.10. The van der Waals surface area contributed by atoms with E-state index in [4.69, 9.17) is 0 Å². The number of hydrogen-bond acceptors (Lipinski definition) is 3. The maximum absolute atomic E-state index is 11.9. The van der Waals surface area contributed by atoms with Crippen molar-refractivity contribution in [1.29, 1.82) is 0 Å². The van der Waals surface area contributed by atoms with Crippen LogP contribution in [0.5, 0.6) is 5.75 Å². The van der Waals surface area contributed by atoms with Gasteiger partial charge in [0.15, 0.2) is 0 Å². The lowest BCUT2D eigenvalue weighted by Gasteiger charge is -2.13. The lowest BCUT2D eigenvalue weighted by molar-refractivity contribution is 0.0953. The zero-order valence-corrected chi connectivity index (χ0v) is 10.9. The van der Waals surface area contributed by atoms with Crippen molar-refractivity contribution in [1.82, 2.24) is 5.32 Å². The molecule has 1 aliphatic carbocycles. The van der Waals surface area contributed by atoms with E-state index in [0.29, 0.717) is 5.56 Å². The van der Waals surface area contributed by atoms with Gasteiger partial charge in [0.2, 0.25) is 0 Å². The fourth-order valence-corrected chi connectivity index (χ4v) is 2.46. The van der Waals surface area contributed by atoms with Crippen molar-refractivity contribution in [2.24, 2.45) is 0 Å². The van der Waals surface area contributed by atoms with Crippen LogP contribution in [0.25, 0.3) is 0 Å². The molecule has 92 valence electrons. The van der Waals surface area contributed by atoms with Gasteiger partial charge in [-0.15, -0.1) is 0 Å². The minimum Gasteiger partial charge on any atom is -0.508 e. The molecule has 0 bridgehead atoms. The summed E-state index contributed by atoms with van der Waals surface area (Å²) in [6.45, 7) is 2.52. The molecule has 0 unspecified atom stereocenters. The van der Waals surface area contributed by atoms with Crippen molar-refractivity contribution in [3.8, 4) is 5.75 Å². The second kappa shape index (κ2) is 4.61. The predicted octanol–water partition coefficient (Wildman–Crippen LogP) is 2.33. The minimum absolute atomic E-state index is 0.0616. The number of thioether (sulfide) groups is 1. The number of phenolic OH excluding ortho intramolecular Hbond substituents is 1. The van der Waals surface area contributed by atoms with Crippen molar-refractivity contribution in [3.63, 3.8) is 0 Å². The van der Waals surface area contributed by atoms with E-state index in [0.717, 1.165) is 12.1 Å². The van der Waals surface area contributed by atoms with Crippen molar-refractivity contribution in [2.75, 3.05) is 12.8 Å². The Bertz CT molecular complexity index is 441. The Morgan fingerprint density at radius 1 is 1.53 bits per heavy atom. The lowest BCUT2D eigenvalue weighted by atomic mass is 10.1. The number of hydrogen-bond donors (Lipinski definition) is 2. The van der Waals surface area contributed by atoms with Crippen LogP contribution < -0.4 is 5.32 Å². The number of benzene rings is 1. The van der Waals surface area contributed by atoms with Gasteiger partial charge in [0.1, 0.15) is 5.75 Å². The molecule has 1 aromatic rings. The summed E-state index contributed by atoms with van der Waals surface area (Å²) in [6, 6.07) is 4.92. The van der Waals surface area contributed by atoms with Gasteiger partial charge in [-0.2, -0.15) is 11.8 Å². The number of amides is 1. The molecule has 1 fully saturated rings. The molecule has 0 aromatic heterocycles. The van der Waals surface area contributed by atoms with Gasteiger partial charge in [-0.05, 0) is 49.8 Å². The minimum atomic E-state index is -0.0616. The molecular formula is C13H17NO2S. The third kappa shape index (κ3) is 2.75. The Kier molecular flexibility index (Phi) is 3.33. The number of carbonyl (C=O) groups is 1. The molecule has 1 saturated carbocycles. The van der Waals surface area contributed by atoms with Gasteiger partial charge in [-0.1, -0.05) is 0 Å². The molecule has 0 radical (unpaired) electrons. The molecule has 0 saturated heterocycles. The Labute approximate surface area is 106 Å². The maximum atomic E-state index is 11.9. The van der Waals surface area contributed by atoms with E-state index in [1.807, 2.05) is 11.8 Å². The van der Waals surface area contributed by atoms with Crippen molar-refractivity contribution >= 4 is 17.7 Å². The van der Waals surface area contributed by atoms with E-state index < -0.39 is 0 Å². The number of carbonyl (C=O) groups excluding carboxylic acids is 1. The highest BCUT2D eigenvalue weighted by Crippen LogP contribution is 2.46. The highest BCUT2D eigenvalue weighted by atomic mass is 32.2. The summed E-state index contributed by atoms with van der Waals surface area (Å²) in [5.74, 6) is 0.165. The third-order valence-electron chi connectivity index (χ3n) is 3.27. The van der Waals surface area contributed by atoms with Gasteiger partial charge in [0.05, 0.1) is 0 Å². The monoisotopic (exact) mass is 251 g/mol. The van der Waals surface area contributed by atoms with Gasteiger partial charge in [-0.3, -0.25) is 4.79 Å². The second-order valence-corrected chi connectivity index (χ2v) is 5.85. The quantitative estimate of drug-likeness (QED) is 0.863. The van der Waals surface area contributed by atoms with Crippen LogP contribution in [0.3, 0.4) is 0 Å². The summed E-state index contributed by atoms with van der Waals surface area (Å²) in [7, 11) is 0. The Hall–Kier alpha value is -1.16. The van der Waals surface area contributed by atoms with E-state index >= 15 is 0 Å². The fraction of sp³-hybridized carbons (Fsp3) is 0.462. The first-order chi connectivity index (χ1) is 8.06. The largest absolute Gasteiger partial charge is 0.508 e. The van der Waals surface area contributed by atoms with Gasteiger partial charge in [0, 0.05) is 16.9 Å². The van der Waals surface area contributed by atoms with Crippen molar-refractivity contribution < 1.29 is 9.90 Å². The van der Waals surface area contributed by atoms with Crippen LogP contribution in [-0.2, 0) is 0 Å². The fourth-order valence-electron chi connectivity index (χ4n) is 1.73. The summed E-state index contributed by atoms with van der Waals surface area (Å²) in [6.07, 6.45) is 4.45. The smallest absolute Gasteiger partial charge is 0.251 e. The molecule has 3 nitrogen and oxygen atoms in total. The highest BCUT2D eigenvalue weighted by molar-refractivity contribution is 8.00. The molecule has 17 heavy (non-hydrogen) atoms. The van der Waals surface area contributed by atoms with Crippen LogP contribution in [0.4, 0.5) is 0 Å². The molecule has 2 N–H and O–H groups in total. The molecule has 1 amide bonds. The second-order valence-electron chi connectivity index (χ2n) is 4.57. The summed E-state index contributed by atoms with van der Waals surface area (Å²) in [5.41, 5.74) is 1.33. The molecule has 0 heterocycles. The van der Waals surface area contributed by atoms with Gasteiger partial charge in [-0.25, -0.2) is 0 Å². The number of aryl methyl sites for hydroxylation is 1. The van der Waals surface area contributed by atoms with Gasteiger partial charge < -0.3 is 10.4 Å². The Balaban J connectivity index is 1.97. The highest BCUT2D eigenvalue weighted by Gasteiger charge is 2.41. The first kappa shape index (κ1) is 12.3. The van der Waals surface area contributed by atoms with E-state index in [9.17, 15) is 9.90 Å². The SMILES string of the molecule is CSC1(CNC(=O)c2ccc(O)c(C)c2)CC1. The van der Waals surface area contributed by atoms with E-state index in [1.165, 1.54) is 12.8 Å². The maximum Gasteiger partial charge on any atom is 0.251 e. The van der Waals surface area contributed by atoms with E-state index in [2.05, 4.69) is 11.6 Å². The third-order valence-corrected chi connectivity index (χ3v) is 4.69.